The van der Waals surface area contributed by atoms with Gasteiger partial charge in [-0.25, -0.2) is 0 Å². The molecule has 8 nitrogen and oxygen atoms in total. The minimum Gasteiger partial charge on any atom is -0.472 e. The molecule has 0 unspecified atom stereocenters. The predicted molar refractivity (Wildman–Crippen MR) is 99.9 cm³/mol. The lowest BCUT2D eigenvalue weighted by molar-refractivity contribution is -0.206. The molecule has 3 heterocycles. The van der Waals surface area contributed by atoms with Gasteiger partial charge in [-0.2, -0.15) is 0 Å². The standard InChI is InChI=1S/C22H26O8/c1-12-17(29-13(2)24)18(25)22(10-23)16(4-3-6-20(22)11-28-20)21(12)8-15(30-19(21)26)14-5-7-27-9-14/h5,7,9,12,15-17,23H,3-4,6,8,10-11H2,1-2H3/t12-,15-,16-,17-,20+,21+,22+/m0/s1. The number of carbonyl (C=O) groups is 3. The Hall–Kier alpha value is -2.19. The lowest BCUT2D eigenvalue weighted by atomic mass is 9.42. The second-order valence-electron chi connectivity index (χ2n) is 9.24. The van der Waals surface area contributed by atoms with Crippen molar-refractivity contribution in [1.82, 2.24) is 0 Å². The van der Waals surface area contributed by atoms with Crippen LogP contribution in [0.2, 0.25) is 0 Å². The van der Waals surface area contributed by atoms with Gasteiger partial charge in [-0.3, -0.25) is 14.4 Å². The van der Waals surface area contributed by atoms with Crippen LogP contribution in [0.3, 0.4) is 0 Å². The number of ketones is 1. The molecule has 5 rings (SSSR count). The molecule has 1 N–H and O–H groups in total. The number of hydrogen-bond donors (Lipinski definition) is 1. The number of ether oxygens (including phenoxy) is 3. The van der Waals surface area contributed by atoms with Crippen molar-refractivity contribution >= 4 is 17.7 Å². The summed E-state index contributed by atoms with van der Waals surface area (Å²) in [6, 6.07) is 1.75. The van der Waals surface area contributed by atoms with Crippen LogP contribution in [0.4, 0.5) is 0 Å². The van der Waals surface area contributed by atoms with Crippen molar-refractivity contribution in [3.05, 3.63) is 24.2 Å². The molecule has 1 aromatic heterocycles. The Morgan fingerprint density at radius 1 is 1.37 bits per heavy atom. The van der Waals surface area contributed by atoms with Gasteiger partial charge in [-0.15, -0.1) is 0 Å². The molecule has 0 bridgehead atoms. The van der Waals surface area contributed by atoms with E-state index < -0.39 is 59.0 Å². The van der Waals surface area contributed by atoms with Gasteiger partial charge in [0.15, 0.2) is 11.9 Å². The summed E-state index contributed by atoms with van der Waals surface area (Å²) < 4.78 is 22.3. The Morgan fingerprint density at radius 3 is 2.73 bits per heavy atom. The molecule has 2 saturated heterocycles. The van der Waals surface area contributed by atoms with Gasteiger partial charge in [0.05, 0.1) is 36.6 Å². The first-order chi connectivity index (χ1) is 14.3. The van der Waals surface area contributed by atoms with E-state index in [0.717, 1.165) is 12.0 Å². The normalized spacial score (nSPS) is 44.8. The lowest BCUT2D eigenvalue weighted by Crippen LogP contribution is -2.70. The average Bonchev–Trinajstić information content (AvgIpc) is 3.15. The maximum atomic E-state index is 13.8. The maximum Gasteiger partial charge on any atom is 0.313 e. The van der Waals surface area contributed by atoms with Crippen LogP contribution in [0, 0.1) is 22.7 Å². The number of aliphatic hydroxyl groups excluding tert-OH is 1. The zero-order valence-electron chi connectivity index (χ0n) is 17.1. The van der Waals surface area contributed by atoms with Gasteiger partial charge in [0, 0.05) is 24.8 Å². The Balaban J connectivity index is 1.66. The molecule has 7 atom stereocenters. The average molecular weight is 418 g/mol. The molecular formula is C22H26O8. The van der Waals surface area contributed by atoms with E-state index in [-0.39, 0.29) is 5.78 Å². The van der Waals surface area contributed by atoms with Crippen LogP contribution in [-0.4, -0.2) is 47.7 Å². The molecular weight excluding hydrogens is 392 g/mol. The molecule has 162 valence electrons. The van der Waals surface area contributed by atoms with E-state index in [1.165, 1.54) is 13.2 Å². The van der Waals surface area contributed by atoms with E-state index in [1.54, 1.807) is 19.3 Å². The van der Waals surface area contributed by atoms with Gasteiger partial charge < -0.3 is 23.7 Å². The molecule has 2 saturated carbocycles. The molecule has 4 aliphatic rings. The van der Waals surface area contributed by atoms with Crippen LogP contribution in [-0.2, 0) is 28.6 Å². The summed E-state index contributed by atoms with van der Waals surface area (Å²) in [4.78, 5) is 39.2. The topological polar surface area (TPSA) is 116 Å². The zero-order valence-corrected chi connectivity index (χ0v) is 17.1. The first-order valence-electron chi connectivity index (χ1n) is 10.5. The minimum atomic E-state index is -1.29. The van der Waals surface area contributed by atoms with Crippen molar-refractivity contribution in [2.24, 2.45) is 22.7 Å². The molecule has 4 fully saturated rings. The highest BCUT2D eigenvalue weighted by Gasteiger charge is 2.79. The van der Waals surface area contributed by atoms with Gasteiger partial charge in [-0.1, -0.05) is 13.3 Å². The van der Waals surface area contributed by atoms with E-state index in [1.807, 2.05) is 0 Å². The quantitative estimate of drug-likeness (QED) is 0.585. The number of Topliss-reactive ketones (excluding diaryl/α,β-unsaturated/α-hetero) is 1. The Kier molecular flexibility index (Phi) is 4.22. The molecule has 0 aromatic carbocycles. The number of cyclic esters (lactones) is 1. The third-order valence-electron chi connectivity index (χ3n) is 8.17. The smallest absolute Gasteiger partial charge is 0.313 e. The first-order valence-corrected chi connectivity index (χ1v) is 10.5. The molecule has 2 aliphatic carbocycles. The number of furan rings is 1. The summed E-state index contributed by atoms with van der Waals surface area (Å²) in [5.41, 5.74) is -2.42. The number of epoxide rings is 1. The molecule has 2 aliphatic heterocycles. The SMILES string of the molecule is CC(=O)O[C@@H]1C(=O)[C@@]2(CO)[C@@H](CCC[C@@]23CO3)[C@@]2(C[C@@H](c3ccoc3)OC2=O)[C@H]1C. The summed E-state index contributed by atoms with van der Waals surface area (Å²) in [6.45, 7) is 2.93. The summed E-state index contributed by atoms with van der Waals surface area (Å²) in [5.74, 6) is -2.38. The molecule has 0 amide bonds. The Morgan fingerprint density at radius 2 is 2.13 bits per heavy atom. The molecule has 1 aromatic rings. The third-order valence-corrected chi connectivity index (χ3v) is 8.17. The van der Waals surface area contributed by atoms with Crippen molar-refractivity contribution in [3.8, 4) is 0 Å². The maximum absolute atomic E-state index is 13.8. The number of carbonyl (C=O) groups excluding carboxylic acids is 3. The van der Waals surface area contributed by atoms with E-state index in [9.17, 15) is 19.5 Å². The largest absolute Gasteiger partial charge is 0.472 e. The highest BCUT2D eigenvalue weighted by molar-refractivity contribution is 5.97. The van der Waals surface area contributed by atoms with Crippen LogP contribution in [0.5, 0.6) is 0 Å². The highest BCUT2D eigenvalue weighted by atomic mass is 16.6. The van der Waals surface area contributed by atoms with Gasteiger partial charge >= 0.3 is 11.9 Å². The highest BCUT2D eigenvalue weighted by Crippen LogP contribution is 2.69. The van der Waals surface area contributed by atoms with Crippen LogP contribution >= 0.6 is 0 Å². The fourth-order valence-electron chi connectivity index (χ4n) is 6.67. The van der Waals surface area contributed by atoms with Crippen LogP contribution in [0.1, 0.15) is 51.2 Å². The summed E-state index contributed by atoms with van der Waals surface area (Å²) in [5, 5.41) is 10.6. The molecule has 2 spiro atoms. The number of aliphatic hydroxyl groups is 1. The Bertz CT molecular complexity index is 887. The number of fused-ring (bicyclic) bond motifs is 3. The fourth-order valence-corrected chi connectivity index (χ4v) is 6.67. The van der Waals surface area contributed by atoms with Crippen molar-refractivity contribution in [1.29, 1.82) is 0 Å². The lowest BCUT2D eigenvalue weighted by Gasteiger charge is -2.58. The van der Waals surface area contributed by atoms with E-state index in [2.05, 4.69) is 0 Å². The van der Waals surface area contributed by atoms with Gasteiger partial charge in [0.1, 0.15) is 11.7 Å². The van der Waals surface area contributed by atoms with Gasteiger partial charge in [0.25, 0.3) is 0 Å². The van der Waals surface area contributed by atoms with Crippen LogP contribution < -0.4 is 0 Å². The van der Waals surface area contributed by atoms with Crippen molar-refractivity contribution in [2.75, 3.05) is 13.2 Å². The van der Waals surface area contributed by atoms with Crippen molar-refractivity contribution < 1.29 is 38.1 Å². The number of esters is 2. The van der Waals surface area contributed by atoms with Crippen LogP contribution in [0.15, 0.2) is 23.0 Å². The second-order valence-corrected chi connectivity index (χ2v) is 9.24. The van der Waals surface area contributed by atoms with Gasteiger partial charge in [0.2, 0.25) is 0 Å². The van der Waals surface area contributed by atoms with E-state index in [4.69, 9.17) is 18.6 Å². The molecule has 30 heavy (non-hydrogen) atoms. The van der Waals surface area contributed by atoms with E-state index in [0.29, 0.717) is 25.9 Å². The van der Waals surface area contributed by atoms with Crippen molar-refractivity contribution in [2.45, 2.75) is 57.3 Å². The molecule has 8 heteroatoms. The summed E-state index contributed by atoms with van der Waals surface area (Å²) in [7, 11) is 0. The minimum absolute atomic E-state index is 0.333. The monoisotopic (exact) mass is 418 g/mol. The van der Waals surface area contributed by atoms with Crippen molar-refractivity contribution in [3.63, 3.8) is 0 Å². The van der Waals surface area contributed by atoms with E-state index >= 15 is 0 Å². The second kappa shape index (κ2) is 6.40. The number of hydrogen-bond acceptors (Lipinski definition) is 8. The summed E-state index contributed by atoms with van der Waals surface area (Å²) >= 11 is 0. The van der Waals surface area contributed by atoms with Gasteiger partial charge in [-0.05, 0) is 24.8 Å². The predicted octanol–water partition coefficient (Wildman–Crippen LogP) is 1.95. The van der Waals surface area contributed by atoms with Crippen LogP contribution in [0.25, 0.3) is 0 Å². The summed E-state index contributed by atoms with van der Waals surface area (Å²) in [6.07, 6.45) is 3.77. The molecule has 0 radical (unpaired) electrons. The Labute approximate surface area is 173 Å². The third kappa shape index (κ3) is 2.26. The first kappa shape index (κ1) is 19.8. The zero-order chi connectivity index (χ0) is 21.3. The fraction of sp³-hybridized carbons (Fsp3) is 0.682. The number of rotatable bonds is 3.